The lowest BCUT2D eigenvalue weighted by Gasteiger charge is -2.36. The second-order valence-corrected chi connectivity index (χ2v) is 9.27. The number of para-hydroxylation sites is 1. The monoisotopic (exact) mass is 405 g/mol. The predicted molar refractivity (Wildman–Crippen MR) is 119 cm³/mol. The SMILES string of the molecule is CC(C)(C)[C@H]1C/C(=C/c2ccc(Cl)cc2)c2nc3ccccc3c(C(=O)O)c2C1. The van der Waals surface area contributed by atoms with Crippen LogP contribution in [0.25, 0.3) is 22.6 Å². The Labute approximate surface area is 176 Å². The highest BCUT2D eigenvalue weighted by Gasteiger charge is 2.35. The molecule has 1 N–H and O–H groups in total. The molecule has 1 aliphatic rings. The molecule has 0 radical (unpaired) electrons. The highest BCUT2D eigenvalue weighted by molar-refractivity contribution is 6.30. The number of allylic oxidation sites excluding steroid dienone is 1. The van der Waals surface area contributed by atoms with E-state index in [1.165, 1.54) is 0 Å². The van der Waals surface area contributed by atoms with Gasteiger partial charge in [0.2, 0.25) is 0 Å². The number of aromatic carboxylic acids is 1. The van der Waals surface area contributed by atoms with Gasteiger partial charge in [-0.15, -0.1) is 0 Å². The number of halogens is 1. The Morgan fingerprint density at radius 2 is 1.79 bits per heavy atom. The normalized spacial score (nSPS) is 18.1. The van der Waals surface area contributed by atoms with Crippen LogP contribution < -0.4 is 0 Å². The molecule has 4 heteroatoms. The number of benzene rings is 2. The van der Waals surface area contributed by atoms with Gasteiger partial charge in [0.25, 0.3) is 0 Å². The van der Waals surface area contributed by atoms with Gasteiger partial charge in [-0.1, -0.05) is 62.7 Å². The van der Waals surface area contributed by atoms with Crippen LogP contribution in [0.5, 0.6) is 0 Å². The fourth-order valence-corrected chi connectivity index (χ4v) is 4.27. The summed E-state index contributed by atoms with van der Waals surface area (Å²) in [4.78, 5) is 17.2. The molecular weight excluding hydrogens is 382 g/mol. The van der Waals surface area contributed by atoms with E-state index in [1.807, 2.05) is 48.5 Å². The lowest BCUT2D eigenvalue weighted by molar-refractivity contribution is 0.0696. The first-order chi connectivity index (χ1) is 13.7. The third-order valence-electron chi connectivity index (χ3n) is 5.86. The topological polar surface area (TPSA) is 50.2 Å². The van der Waals surface area contributed by atoms with Crippen molar-refractivity contribution >= 4 is 40.1 Å². The zero-order chi connectivity index (χ0) is 20.8. The lowest BCUT2D eigenvalue weighted by atomic mass is 9.69. The van der Waals surface area contributed by atoms with Crippen LogP contribution in [0.1, 0.15) is 54.4 Å². The fraction of sp³-hybridized carbons (Fsp3) is 0.280. The van der Waals surface area contributed by atoms with E-state index in [9.17, 15) is 9.90 Å². The van der Waals surface area contributed by atoms with Crippen LogP contribution in [0.15, 0.2) is 48.5 Å². The Hall–Kier alpha value is -2.65. The predicted octanol–water partition coefficient (Wildman–Crippen LogP) is 6.74. The molecule has 0 fully saturated rings. The molecule has 148 valence electrons. The first-order valence-electron chi connectivity index (χ1n) is 9.85. The van der Waals surface area contributed by atoms with E-state index in [-0.39, 0.29) is 5.41 Å². The second kappa shape index (κ2) is 7.31. The molecule has 1 aromatic heterocycles. The Morgan fingerprint density at radius 1 is 1.10 bits per heavy atom. The molecule has 3 aromatic rings. The van der Waals surface area contributed by atoms with E-state index in [0.29, 0.717) is 21.9 Å². The minimum Gasteiger partial charge on any atom is -0.478 e. The summed E-state index contributed by atoms with van der Waals surface area (Å²) >= 11 is 6.04. The molecule has 3 nitrogen and oxygen atoms in total. The maximum Gasteiger partial charge on any atom is 0.336 e. The summed E-state index contributed by atoms with van der Waals surface area (Å²) < 4.78 is 0. The number of hydrogen-bond acceptors (Lipinski definition) is 2. The van der Waals surface area contributed by atoms with Crippen molar-refractivity contribution in [3.8, 4) is 0 Å². The van der Waals surface area contributed by atoms with E-state index in [0.717, 1.165) is 40.8 Å². The third-order valence-corrected chi connectivity index (χ3v) is 6.12. The van der Waals surface area contributed by atoms with Crippen molar-refractivity contribution in [1.82, 2.24) is 4.98 Å². The Morgan fingerprint density at radius 3 is 2.45 bits per heavy atom. The van der Waals surface area contributed by atoms with Crippen LogP contribution in [-0.2, 0) is 6.42 Å². The van der Waals surface area contributed by atoms with Crippen LogP contribution in [-0.4, -0.2) is 16.1 Å². The summed E-state index contributed by atoms with van der Waals surface area (Å²) in [5.74, 6) is -0.560. The quantitative estimate of drug-likeness (QED) is 0.513. The highest BCUT2D eigenvalue weighted by Crippen LogP contribution is 2.44. The Kier molecular flexibility index (Phi) is 4.95. The molecule has 0 saturated carbocycles. The van der Waals surface area contributed by atoms with Gasteiger partial charge in [-0.2, -0.15) is 0 Å². The molecule has 0 saturated heterocycles. The zero-order valence-corrected chi connectivity index (χ0v) is 17.6. The van der Waals surface area contributed by atoms with Crippen molar-refractivity contribution in [1.29, 1.82) is 0 Å². The van der Waals surface area contributed by atoms with Gasteiger partial charge in [0.15, 0.2) is 0 Å². The summed E-state index contributed by atoms with van der Waals surface area (Å²) in [6.45, 7) is 6.66. The van der Waals surface area contributed by atoms with Crippen LogP contribution in [0, 0.1) is 11.3 Å². The van der Waals surface area contributed by atoms with Gasteiger partial charge in [-0.25, -0.2) is 9.78 Å². The molecule has 2 aromatic carbocycles. The molecule has 29 heavy (non-hydrogen) atoms. The first-order valence-corrected chi connectivity index (χ1v) is 10.2. The number of pyridine rings is 1. The number of nitrogens with zero attached hydrogens (tertiary/aromatic N) is 1. The molecule has 0 amide bonds. The Balaban J connectivity index is 1.99. The van der Waals surface area contributed by atoms with Gasteiger partial charge in [-0.05, 0) is 65.1 Å². The smallest absolute Gasteiger partial charge is 0.336 e. The number of rotatable bonds is 2. The first kappa shape index (κ1) is 19.7. The van der Waals surface area contributed by atoms with E-state index in [1.54, 1.807) is 0 Å². The van der Waals surface area contributed by atoms with Crippen molar-refractivity contribution in [3.05, 3.63) is 75.9 Å². The van der Waals surface area contributed by atoms with Crippen LogP contribution >= 0.6 is 11.6 Å². The number of hydrogen-bond donors (Lipinski definition) is 1. The zero-order valence-electron chi connectivity index (χ0n) is 16.9. The molecule has 0 spiro atoms. The molecule has 1 heterocycles. The molecule has 4 rings (SSSR count). The molecule has 1 aliphatic carbocycles. The third kappa shape index (κ3) is 3.79. The summed E-state index contributed by atoms with van der Waals surface area (Å²) in [6.07, 6.45) is 3.71. The van der Waals surface area contributed by atoms with Gasteiger partial charge >= 0.3 is 5.97 Å². The number of carboxylic acid groups (broad SMARTS) is 1. The maximum absolute atomic E-state index is 12.3. The van der Waals surface area contributed by atoms with E-state index >= 15 is 0 Å². The van der Waals surface area contributed by atoms with Crippen molar-refractivity contribution < 1.29 is 9.90 Å². The van der Waals surface area contributed by atoms with E-state index < -0.39 is 5.97 Å². The average Bonchev–Trinajstić information content (AvgIpc) is 2.67. The van der Waals surface area contributed by atoms with E-state index in [4.69, 9.17) is 16.6 Å². The lowest BCUT2D eigenvalue weighted by Crippen LogP contribution is -2.28. The maximum atomic E-state index is 12.3. The van der Waals surface area contributed by atoms with Crippen LogP contribution in [0.3, 0.4) is 0 Å². The largest absolute Gasteiger partial charge is 0.478 e. The van der Waals surface area contributed by atoms with Crippen molar-refractivity contribution in [2.24, 2.45) is 11.3 Å². The second-order valence-electron chi connectivity index (χ2n) is 8.83. The standard InChI is InChI=1S/C25H24ClNO2/c1-25(2,3)17-13-16(12-15-8-10-18(26)11-9-15)23-20(14-17)22(24(28)29)19-6-4-5-7-21(19)27-23/h4-12,17H,13-14H2,1-3H3,(H,28,29)/b16-12-/t17-/m0/s1. The van der Waals surface area contributed by atoms with Gasteiger partial charge in [0.05, 0.1) is 16.8 Å². The average molecular weight is 406 g/mol. The summed E-state index contributed by atoms with van der Waals surface area (Å²) in [7, 11) is 0. The summed E-state index contributed by atoms with van der Waals surface area (Å²) in [6, 6.07) is 15.2. The highest BCUT2D eigenvalue weighted by atomic mass is 35.5. The molecule has 1 atom stereocenters. The number of carbonyl (C=O) groups is 1. The molecular formula is C25H24ClNO2. The minimum atomic E-state index is -0.889. The number of fused-ring (bicyclic) bond motifs is 2. The summed E-state index contributed by atoms with van der Waals surface area (Å²) in [5.41, 5.74) is 4.96. The number of carboxylic acids is 1. The fourth-order valence-electron chi connectivity index (χ4n) is 4.14. The van der Waals surface area contributed by atoms with Crippen molar-refractivity contribution in [2.45, 2.75) is 33.6 Å². The van der Waals surface area contributed by atoms with Gasteiger partial charge < -0.3 is 5.11 Å². The minimum absolute atomic E-state index is 0.0538. The molecule has 0 bridgehead atoms. The van der Waals surface area contributed by atoms with Crippen molar-refractivity contribution in [2.75, 3.05) is 0 Å². The van der Waals surface area contributed by atoms with Gasteiger partial charge in [0.1, 0.15) is 0 Å². The van der Waals surface area contributed by atoms with Gasteiger partial charge in [0, 0.05) is 10.4 Å². The van der Waals surface area contributed by atoms with Crippen molar-refractivity contribution in [3.63, 3.8) is 0 Å². The molecule has 0 unspecified atom stereocenters. The van der Waals surface area contributed by atoms with Gasteiger partial charge in [-0.3, -0.25) is 0 Å². The van der Waals surface area contributed by atoms with E-state index in [2.05, 4.69) is 26.8 Å². The number of aromatic nitrogens is 1. The Bertz CT molecular complexity index is 1120. The summed E-state index contributed by atoms with van der Waals surface area (Å²) in [5, 5.41) is 11.5. The van der Waals surface area contributed by atoms with Crippen LogP contribution in [0.4, 0.5) is 0 Å². The van der Waals surface area contributed by atoms with Crippen LogP contribution in [0.2, 0.25) is 5.02 Å². The molecule has 0 aliphatic heterocycles.